The molecule has 226 valence electrons. The van der Waals surface area contributed by atoms with Crippen molar-refractivity contribution in [2.45, 2.75) is 116 Å². The highest BCUT2D eigenvalue weighted by Crippen LogP contribution is 2.73. The maximum Gasteiger partial charge on any atom is 0.187 e. The van der Waals surface area contributed by atoms with Crippen LogP contribution in [0.5, 0.6) is 0 Å². The molecule has 4 aliphatic carbocycles. The number of fused-ring (bicyclic) bond motifs is 5. The average molecular weight is 567 g/mol. The maximum atomic E-state index is 14.2. The van der Waals surface area contributed by atoms with Gasteiger partial charge >= 0.3 is 0 Å². The van der Waals surface area contributed by atoms with Crippen molar-refractivity contribution < 1.29 is 49.7 Å². The van der Waals surface area contributed by atoms with Crippen LogP contribution >= 0.6 is 0 Å². The quantitative estimate of drug-likeness (QED) is 0.263. The second-order valence-corrected chi connectivity index (χ2v) is 14.4. The van der Waals surface area contributed by atoms with E-state index in [-0.39, 0.29) is 36.2 Å². The summed E-state index contributed by atoms with van der Waals surface area (Å²) in [6, 6.07) is 0. The van der Waals surface area contributed by atoms with Crippen molar-refractivity contribution in [2.24, 2.45) is 39.4 Å². The smallest absolute Gasteiger partial charge is 0.187 e. The summed E-state index contributed by atoms with van der Waals surface area (Å²) in [5, 5.41) is 63.1. The molecule has 0 aromatic heterocycles. The Balaban J connectivity index is 1.49. The van der Waals surface area contributed by atoms with Gasteiger partial charge in [-0.2, -0.15) is 0 Å². The zero-order valence-corrected chi connectivity index (χ0v) is 24.3. The summed E-state index contributed by atoms with van der Waals surface area (Å²) in [5.41, 5.74) is -1.79. The van der Waals surface area contributed by atoms with Crippen molar-refractivity contribution in [3.05, 3.63) is 11.6 Å². The van der Waals surface area contributed by atoms with Gasteiger partial charge in [0.25, 0.3) is 0 Å². The topological polar surface area (TPSA) is 174 Å². The van der Waals surface area contributed by atoms with Crippen molar-refractivity contribution in [3.8, 4) is 0 Å². The van der Waals surface area contributed by atoms with E-state index >= 15 is 0 Å². The lowest BCUT2D eigenvalue weighted by molar-refractivity contribution is -0.327. The zero-order valence-electron chi connectivity index (χ0n) is 24.3. The Labute approximate surface area is 235 Å². The molecule has 0 bridgehead atoms. The SMILES string of the molecule is CC(=O)C1C(O)CC2(C)C3CC=C4C(CC(O)C(OC5OC(CO)C(O)C(O)C5O)C4(C)C)C3(C)C(=O)CC12C. The Morgan fingerprint density at radius 2 is 1.65 bits per heavy atom. The van der Waals surface area contributed by atoms with E-state index in [2.05, 4.69) is 13.0 Å². The molecule has 1 saturated heterocycles. The van der Waals surface area contributed by atoms with Crippen molar-refractivity contribution in [2.75, 3.05) is 6.61 Å². The number of allylic oxidation sites excluding steroid dienone is 1. The zero-order chi connectivity index (χ0) is 29.7. The maximum absolute atomic E-state index is 14.2. The van der Waals surface area contributed by atoms with Crippen LogP contribution in [0.3, 0.4) is 0 Å². The molecule has 3 saturated carbocycles. The number of ether oxygens (including phenoxy) is 2. The van der Waals surface area contributed by atoms with E-state index in [0.29, 0.717) is 12.8 Å². The third kappa shape index (κ3) is 3.83. The predicted octanol–water partition coefficient (Wildman–Crippen LogP) is 0.486. The van der Waals surface area contributed by atoms with E-state index < -0.39 is 83.2 Å². The summed E-state index contributed by atoms with van der Waals surface area (Å²) >= 11 is 0. The van der Waals surface area contributed by atoms with Gasteiger partial charge in [-0.25, -0.2) is 0 Å². The van der Waals surface area contributed by atoms with Gasteiger partial charge in [0.1, 0.15) is 36.0 Å². The van der Waals surface area contributed by atoms with Gasteiger partial charge in [0.2, 0.25) is 0 Å². The molecule has 4 fully saturated rings. The summed E-state index contributed by atoms with van der Waals surface area (Å²) in [6.45, 7) is 10.8. The predicted molar refractivity (Wildman–Crippen MR) is 141 cm³/mol. The number of carbonyl (C=O) groups is 2. The number of ketones is 2. The summed E-state index contributed by atoms with van der Waals surface area (Å²) < 4.78 is 11.7. The number of carbonyl (C=O) groups excluding carboxylic acids is 2. The van der Waals surface area contributed by atoms with Gasteiger partial charge in [0.15, 0.2) is 6.29 Å². The Bertz CT molecular complexity index is 1090. The lowest BCUT2D eigenvalue weighted by atomic mass is 9.38. The molecule has 14 atom stereocenters. The van der Waals surface area contributed by atoms with Crippen LogP contribution in [0.2, 0.25) is 0 Å². The fraction of sp³-hybridized carbons (Fsp3) is 0.867. The summed E-state index contributed by atoms with van der Waals surface area (Å²) in [7, 11) is 0. The van der Waals surface area contributed by atoms with Crippen LogP contribution in [0.4, 0.5) is 0 Å². The van der Waals surface area contributed by atoms with Gasteiger partial charge in [0, 0.05) is 23.2 Å². The molecule has 5 aliphatic rings. The first kappa shape index (κ1) is 30.2. The standard InChI is InChI=1S/C30H46O10/c1-13(32)21-17(34)10-28(4)19-8-7-14-15(30(19,6)20(35)11-29(21,28)5)9-16(33)25(27(14,2)3)40-26-24(38)23(37)22(36)18(12-31)39-26/h7,15-19,21-26,31,33-34,36-38H,8-12H2,1-6H3. The number of aliphatic hydroxyl groups is 6. The largest absolute Gasteiger partial charge is 0.394 e. The molecular weight excluding hydrogens is 520 g/mol. The minimum Gasteiger partial charge on any atom is -0.394 e. The molecule has 1 heterocycles. The molecule has 6 N–H and O–H groups in total. The molecule has 0 amide bonds. The minimum absolute atomic E-state index is 0.0460. The van der Waals surface area contributed by atoms with E-state index in [1.54, 1.807) is 0 Å². The van der Waals surface area contributed by atoms with Gasteiger partial charge in [-0.15, -0.1) is 0 Å². The highest BCUT2D eigenvalue weighted by molar-refractivity contribution is 5.90. The Kier molecular flexibility index (Phi) is 7.28. The van der Waals surface area contributed by atoms with Crippen LogP contribution in [-0.4, -0.2) is 97.8 Å². The Hall–Kier alpha value is -1.24. The van der Waals surface area contributed by atoms with Gasteiger partial charge in [0.05, 0.1) is 24.9 Å². The van der Waals surface area contributed by atoms with Crippen molar-refractivity contribution in [1.29, 1.82) is 0 Å². The molecule has 1 aliphatic heterocycles. The number of Topliss-reactive ketones (excluding diaryl/α,β-unsaturated/α-hetero) is 2. The molecule has 0 aromatic carbocycles. The highest BCUT2D eigenvalue weighted by atomic mass is 16.7. The first-order valence-electron chi connectivity index (χ1n) is 14.5. The first-order chi connectivity index (χ1) is 18.5. The van der Waals surface area contributed by atoms with E-state index in [0.717, 1.165) is 5.57 Å². The van der Waals surface area contributed by atoms with Crippen LogP contribution in [0.1, 0.15) is 67.2 Å². The molecule has 0 spiro atoms. The molecule has 0 radical (unpaired) electrons. The Morgan fingerprint density at radius 3 is 2.25 bits per heavy atom. The van der Waals surface area contributed by atoms with Crippen LogP contribution in [0, 0.1) is 39.4 Å². The molecule has 40 heavy (non-hydrogen) atoms. The lowest BCUT2D eigenvalue weighted by Crippen LogP contribution is -2.65. The summed E-state index contributed by atoms with van der Waals surface area (Å²) in [6.07, 6.45) is -6.42. The van der Waals surface area contributed by atoms with Crippen molar-refractivity contribution in [1.82, 2.24) is 0 Å². The lowest BCUT2D eigenvalue weighted by Gasteiger charge is -2.64. The second kappa shape index (κ2) is 9.64. The average Bonchev–Trinajstić information content (AvgIpc) is 3.06. The van der Waals surface area contributed by atoms with E-state index in [1.165, 1.54) is 6.92 Å². The second-order valence-electron chi connectivity index (χ2n) is 14.4. The van der Waals surface area contributed by atoms with Gasteiger partial charge in [-0.3, -0.25) is 9.59 Å². The first-order valence-corrected chi connectivity index (χ1v) is 14.5. The molecular formula is C30H46O10. The number of hydrogen-bond donors (Lipinski definition) is 6. The van der Waals surface area contributed by atoms with Crippen molar-refractivity contribution >= 4 is 11.6 Å². The van der Waals surface area contributed by atoms with E-state index in [4.69, 9.17) is 9.47 Å². The molecule has 10 heteroatoms. The van der Waals surface area contributed by atoms with Gasteiger partial charge < -0.3 is 40.1 Å². The van der Waals surface area contributed by atoms with Crippen LogP contribution in [0.15, 0.2) is 11.6 Å². The summed E-state index contributed by atoms with van der Waals surface area (Å²) in [5.74, 6) is -1.08. The van der Waals surface area contributed by atoms with Crippen LogP contribution < -0.4 is 0 Å². The summed E-state index contributed by atoms with van der Waals surface area (Å²) in [4.78, 5) is 26.9. The van der Waals surface area contributed by atoms with E-state index in [1.807, 2.05) is 27.7 Å². The fourth-order valence-corrected chi connectivity index (χ4v) is 9.85. The Morgan fingerprint density at radius 1 is 1.00 bits per heavy atom. The van der Waals surface area contributed by atoms with Crippen molar-refractivity contribution in [3.63, 3.8) is 0 Å². The third-order valence-corrected chi connectivity index (χ3v) is 12.2. The highest BCUT2D eigenvalue weighted by Gasteiger charge is 2.73. The number of hydrogen-bond acceptors (Lipinski definition) is 10. The van der Waals surface area contributed by atoms with Gasteiger partial charge in [-0.05, 0) is 48.9 Å². The van der Waals surface area contributed by atoms with Crippen LogP contribution in [-0.2, 0) is 19.1 Å². The van der Waals surface area contributed by atoms with E-state index in [9.17, 15) is 40.2 Å². The third-order valence-electron chi connectivity index (χ3n) is 12.2. The number of rotatable bonds is 4. The fourth-order valence-electron chi connectivity index (χ4n) is 9.85. The normalized spacial score (nSPS) is 53.8. The van der Waals surface area contributed by atoms with Crippen LogP contribution in [0.25, 0.3) is 0 Å². The molecule has 5 rings (SSSR count). The minimum atomic E-state index is -1.60. The molecule has 0 aromatic rings. The molecule has 10 nitrogen and oxygen atoms in total. The molecule has 14 unspecified atom stereocenters. The monoisotopic (exact) mass is 566 g/mol. The number of aliphatic hydroxyl groups excluding tert-OH is 6. The van der Waals surface area contributed by atoms with Gasteiger partial charge in [-0.1, -0.05) is 46.3 Å².